The summed E-state index contributed by atoms with van der Waals surface area (Å²) in [5, 5.41) is 10.1. The number of rotatable bonds is 5. The maximum atomic E-state index is 9.22. The largest absolute Gasteiger partial charge is 0.296 e. The second kappa shape index (κ2) is 7.64. The predicted molar refractivity (Wildman–Crippen MR) is 82.6 cm³/mol. The molecule has 0 radical (unpaired) electrons. The van der Waals surface area contributed by atoms with Crippen molar-refractivity contribution >= 4 is 11.6 Å². The van der Waals surface area contributed by atoms with Crippen LogP contribution in [-0.2, 0) is 6.54 Å². The lowest BCUT2D eigenvalue weighted by Crippen LogP contribution is -2.49. The summed E-state index contributed by atoms with van der Waals surface area (Å²) in [6, 6.07) is 10.5. The fourth-order valence-corrected chi connectivity index (χ4v) is 2.90. The van der Waals surface area contributed by atoms with Gasteiger partial charge in [0.25, 0.3) is 0 Å². The van der Waals surface area contributed by atoms with Crippen molar-refractivity contribution < 1.29 is 0 Å². The number of halogens is 1. The van der Waals surface area contributed by atoms with Crippen LogP contribution in [0.5, 0.6) is 0 Å². The Hall–Kier alpha value is -1.08. The molecule has 1 unspecified atom stereocenters. The van der Waals surface area contributed by atoms with E-state index in [0.29, 0.717) is 0 Å². The van der Waals surface area contributed by atoms with Crippen LogP contribution < -0.4 is 0 Å². The van der Waals surface area contributed by atoms with E-state index in [1.54, 1.807) is 0 Å². The van der Waals surface area contributed by atoms with Crippen LogP contribution >= 0.6 is 11.6 Å². The lowest BCUT2D eigenvalue weighted by Gasteiger charge is -2.37. The fourth-order valence-electron chi connectivity index (χ4n) is 2.70. The molecule has 108 valence electrons. The molecule has 1 fully saturated rings. The number of piperazine rings is 1. The third-order valence-electron chi connectivity index (χ3n) is 3.91. The molecule has 1 heterocycles. The Morgan fingerprint density at radius 1 is 1.25 bits per heavy atom. The van der Waals surface area contributed by atoms with E-state index in [4.69, 9.17) is 11.6 Å². The maximum Gasteiger partial charge on any atom is 0.0978 e. The Labute approximate surface area is 126 Å². The zero-order chi connectivity index (χ0) is 14.4. The lowest BCUT2D eigenvalue weighted by atomic mass is 10.1. The van der Waals surface area contributed by atoms with Gasteiger partial charge in [-0.15, -0.1) is 0 Å². The van der Waals surface area contributed by atoms with Crippen molar-refractivity contribution in [2.24, 2.45) is 0 Å². The molecule has 0 aromatic heterocycles. The molecular formula is C16H22ClN3. The monoisotopic (exact) mass is 291 g/mol. The number of hydrogen-bond acceptors (Lipinski definition) is 3. The molecule has 0 bridgehead atoms. The predicted octanol–water partition coefficient (Wildman–Crippen LogP) is 3.15. The van der Waals surface area contributed by atoms with Gasteiger partial charge in [-0.1, -0.05) is 43.1 Å². The van der Waals surface area contributed by atoms with Crippen LogP contribution in [0.25, 0.3) is 0 Å². The van der Waals surface area contributed by atoms with Crippen molar-refractivity contribution in [3.05, 3.63) is 34.9 Å². The second-order valence-electron chi connectivity index (χ2n) is 5.34. The van der Waals surface area contributed by atoms with Gasteiger partial charge < -0.3 is 0 Å². The quantitative estimate of drug-likeness (QED) is 0.835. The highest BCUT2D eigenvalue weighted by Gasteiger charge is 2.23. The van der Waals surface area contributed by atoms with Gasteiger partial charge in [-0.25, -0.2) is 0 Å². The van der Waals surface area contributed by atoms with Gasteiger partial charge in [0.1, 0.15) is 0 Å². The van der Waals surface area contributed by atoms with Crippen LogP contribution in [-0.4, -0.2) is 42.0 Å². The first-order valence-electron chi connectivity index (χ1n) is 7.34. The van der Waals surface area contributed by atoms with E-state index in [1.165, 1.54) is 5.56 Å². The molecule has 0 spiro atoms. The molecule has 2 rings (SSSR count). The standard InChI is InChI=1S/C16H22ClN3/c1-2-5-15(12-18)20-10-8-19(9-11-20)13-14-6-3-4-7-16(14)17/h3-4,6-7,15H,2,5,8-11,13H2,1H3. The van der Waals surface area contributed by atoms with Crippen molar-refractivity contribution in [3.63, 3.8) is 0 Å². The normalized spacial score (nSPS) is 18.6. The minimum atomic E-state index is 0.0856. The third-order valence-corrected chi connectivity index (χ3v) is 4.28. The van der Waals surface area contributed by atoms with Crippen molar-refractivity contribution in [1.29, 1.82) is 5.26 Å². The first-order chi connectivity index (χ1) is 9.74. The minimum Gasteiger partial charge on any atom is -0.296 e. The van der Waals surface area contributed by atoms with Gasteiger partial charge in [0.15, 0.2) is 0 Å². The van der Waals surface area contributed by atoms with Gasteiger partial charge in [-0.2, -0.15) is 5.26 Å². The highest BCUT2D eigenvalue weighted by Crippen LogP contribution is 2.18. The van der Waals surface area contributed by atoms with Gasteiger partial charge in [0, 0.05) is 37.7 Å². The van der Waals surface area contributed by atoms with E-state index >= 15 is 0 Å². The molecule has 1 aliphatic heterocycles. The molecule has 1 saturated heterocycles. The van der Waals surface area contributed by atoms with E-state index in [0.717, 1.165) is 50.6 Å². The smallest absolute Gasteiger partial charge is 0.0978 e. The van der Waals surface area contributed by atoms with E-state index in [1.807, 2.05) is 18.2 Å². The highest BCUT2D eigenvalue weighted by atomic mass is 35.5. The molecule has 0 amide bonds. The maximum absolute atomic E-state index is 9.22. The average Bonchev–Trinajstić information content (AvgIpc) is 2.48. The van der Waals surface area contributed by atoms with E-state index in [2.05, 4.69) is 28.9 Å². The van der Waals surface area contributed by atoms with Gasteiger partial charge in [0.2, 0.25) is 0 Å². The van der Waals surface area contributed by atoms with Crippen LogP contribution in [0.15, 0.2) is 24.3 Å². The Morgan fingerprint density at radius 2 is 1.95 bits per heavy atom. The van der Waals surface area contributed by atoms with Crippen LogP contribution in [0, 0.1) is 11.3 Å². The van der Waals surface area contributed by atoms with Crippen LogP contribution in [0.4, 0.5) is 0 Å². The first kappa shape index (κ1) is 15.3. The molecule has 3 nitrogen and oxygen atoms in total. The van der Waals surface area contributed by atoms with E-state index < -0.39 is 0 Å². The molecule has 0 N–H and O–H groups in total. The third kappa shape index (κ3) is 3.96. The first-order valence-corrected chi connectivity index (χ1v) is 7.71. The summed E-state index contributed by atoms with van der Waals surface area (Å²) in [5.74, 6) is 0. The molecule has 0 saturated carbocycles. The van der Waals surface area contributed by atoms with Gasteiger partial charge in [-0.05, 0) is 18.1 Å². The van der Waals surface area contributed by atoms with Gasteiger partial charge >= 0.3 is 0 Å². The Bertz CT molecular complexity index is 461. The minimum absolute atomic E-state index is 0.0856. The summed E-state index contributed by atoms with van der Waals surface area (Å²) in [4.78, 5) is 4.73. The summed E-state index contributed by atoms with van der Waals surface area (Å²) in [5.41, 5.74) is 1.19. The highest BCUT2D eigenvalue weighted by molar-refractivity contribution is 6.31. The van der Waals surface area contributed by atoms with Crippen molar-refractivity contribution in [2.75, 3.05) is 26.2 Å². The molecule has 20 heavy (non-hydrogen) atoms. The average molecular weight is 292 g/mol. The summed E-state index contributed by atoms with van der Waals surface area (Å²) in [6.07, 6.45) is 2.04. The molecule has 1 aromatic rings. The Kier molecular flexibility index (Phi) is 5.85. The number of nitrogens with zero attached hydrogens (tertiary/aromatic N) is 3. The topological polar surface area (TPSA) is 30.3 Å². The summed E-state index contributed by atoms with van der Waals surface area (Å²) >= 11 is 6.21. The van der Waals surface area contributed by atoms with E-state index in [-0.39, 0.29) is 6.04 Å². The van der Waals surface area contributed by atoms with Crippen LogP contribution in [0.3, 0.4) is 0 Å². The molecule has 4 heteroatoms. The molecule has 0 aliphatic carbocycles. The zero-order valence-electron chi connectivity index (χ0n) is 12.1. The zero-order valence-corrected chi connectivity index (χ0v) is 12.8. The summed E-state index contributed by atoms with van der Waals surface area (Å²) < 4.78 is 0. The molecule has 1 aliphatic rings. The summed E-state index contributed by atoms with van der Waals surface area (Å²) in [7, 11) is 0. The van der Waals surface area contributed by atoms with Crippen molar-refractivity contribution in [1.82, 2.24) is 9.80 Å². The van der Waals surface area contributed by atoms with Gasteiger partial charge in [-0.3, -0.25) is 9.80 Å². The Morgan fingerprint density at radius 3 is 2.55 bits per heavy atom. The molecule has 1 aromatic carbocycles. The van der Waals surface area contributed by atoms with E-state index in [9.17, 15) is 5.26 Å². The second-order valence-corrected chi connectivity index (χ2v) is 5.74. The Balaban J connectivity index is 1.86. The lowest BCUT2D eigenvalue weighted by molar-refractivity contribution is 0.106. The van der Waals surface area contributed by atoms with Crippen LogP contribution in [0.2, 0.25) is 5.02 Å². The number of benzene rings is 1. The molecular weight excluding hydrogens is 270 g/mol. The summed E-state index contributed by atoms with van der Waals surface area (Å²) in [6.45, 7) is 7.00. The van der Waals surface area contributed by atoms with Gasteiger partial charge in [0.05, 0.1) is 12.1 Å². The SMILES string of the molecule is CCCC(C#N)N1CCN(Cc2ccccc2Cl)CC1. The fraction of sp³-hybridized carbons (Fsp3) is 0.562. The van der Waals surface area contributed by atoms with Crippen molar-refractivity contribution in [2.45, 2.75) is 32.4 Å². The number of nitriles is 1. The number of hydrogen-bond donors (Lipinski definition) is 0. The molecule has 1 atom stereocenters. The van der Waals surface area contributed by atoms with Crippen LogP contribution in [0.1, 0.15) is 25.3 Å². The van der Waals surface area contributed by atoms with Crippen molar-refractivity contribution in [3.8, 4) is 6.07 Å².